The van der Waals surface area contributed by atoms with Crippen LogP contribution < -0.4 is 10.5 Å². The average Bonchev–Trinajstić information content (AvgIpc) is 2.28. The van der Waals surface area contributed by atoms with E-state index in [1.807, 2.05) is 0 Å². The lowest BCUT2D eigenvalue weighted by molar-refractivity contribution is -0.142. The summed E-state index contributed by atoms with van der Waals surface area (Å²) in [7, 11) is 0. The van der Waals surface area contributed by atoms with Gasteiger partial charge in [0.25, 0.3) is 0 Å². The Labute approximate surface area is 101 Å². The molecule has 1 rings (SSSR count). The van der Waals surface area contributed by atoms with Crippen molar-refractivity contribution >= 4 is 11.7 Å². The van der Waals surface area contributed by atoms with Gasteiger partial charge in [0.15, 0.2) is 5.82 Å². The summed E-state index contributed by atoms with van der Waals surface area (Å²) in [5, 5.41) is 0. The lowest BCUT2D eigenvalue weighted by Crippen LogP contribution is -2.13. The highest BCUT2D eigenvalue weighted by molar-refractivity contribution is 5.74. The van der Waals surface area contributed by atoms with E-state index in [4.69, 9.17) is 5.73 Å². The van der Waals surface area contributed by atoms with Crippen LogP contribution in [0.3, 0.4) is 0 Å². The van der Waals surface area contributed by atoms with E-state index in [0.29, 0.717) is 0 Å². The molecule has 18 heavy (non-hydrogen) atoms. The Morgan fingerprint density at radius 1 is 1.44 bits per heavy atom. The topological polar surface area (TPSA) is 61.5 Å². The quantitative estimate of drug-likeness (QED) is 0.653. The highest BCUT2D eigenvalue weighted by Crippen LogP contribution is 2.28. The highest BCUT2D eigenvalue weighted by Gasteiger charge is 2.19. The minimum atomic E-state index is -3.12. The zero-order valence-corrected chi connectivity index (χ0v) is 9.58. The first-order valence-electron chi connectivity index (χ1n) is 5.13. The summed E-state index contributed by atoms with van der Waals surface area (Å²) < 4.78 is 46.6. The number of anilines is 1. The second-order valence-corrected chi connectivity index (χ2v) is 3.31. The molecule has 0 heterocycles. The summed E-state index contributed by atoms with van der Waals surface area (Å²) in [5.41, 5.74) is 4.71. The number of carbonyl (C=O) groups excluding carboxylic acids is 1. The monoisotopic (exact) mass is 263 g/mol. The maximum atomic E-state index is 13.7. The number of carbonyl (C=O) groups is 1. The van der Waals surface area contributed by atoms with Gasteiger partial charge in [-0.05, 0) is 19.1 Å². The number of hydrogen-bond donors (Lipinski definition) is 1. The third-order valence-electron chi connectivity index (χ3n) is 2.07. The number of benzene rings is 1. The van der Waals surface area contributed by atoms with Gasteiger partial charge in [0.05, 0.1) is 18.7 Å². The molecular formula is C11H12F3NO3. The summed E-state index contributed by atoms with van der Waals surface area (Å²) in [6.07, 6.45) is -0.521. The van der Waals surface area contributed by atoms with E-state index in [2.05, 4.69) is 9.47 Å². The van der Waals surface area contributed by atoms with E-state index in [1.54, 1.807) is 6.92 Å². The number of halogens is 3. The van der Waals surface area contributed by atoms with Gasteiger partial charge in [0.2, 0.25) is 0 Å². The van der Waals surface area contributed by atoms with Crippen molar-refractivity contribution in [1.82, 2.24) is 0 Å². The first-order valence-corrected chi connectivity index (χ1v) is 5.13. The summed E-state index contributed by atoms with van der Waals surface area (Å²) in [4.78, 5) is 11.2. The SMILES string of the molecule is CCOC(=O)Cc1c(OC(F)F)ccc(N)c1F. The summed E-state index contributed by atoms with van der Waals surface area (Å²) in [5.74, 6) is -2.13. The summed E-state index contributed by atoms with van der Waals surface area (Å²) in [6.45, 7) is -1.44. The van der Waals surface area contributed by atoms with Crippen molar-refractivity contribution < 1.29 is 27.4 Å². The Hall–Kier alpha value is -1.92. The molecule has 7 heteroatoms. The molecule has 0 atom stereocenters. The minimum Gasteiger partial charge on any atom is -0.466 e. The molecule has 0 amide bonds. The predicted molar refractivity (Wildman–Crippen MR) is 57.8 cm³/mol. The molecule has 1 aromatic carbocycles. The molecule has 0 aromatic heterocycles. The smallest absolute Gasteiger partial charge is 0.387 e. The van der Waals surface area contributed by atoms with Crippen molar-refractivity contribution in [3.8, 4) is 5.75 Å². The van der Waals surface area contributed by atoms with Gasteiger partial charge >= 0.3 is 12.6 Å². The molecular weight excluding hydrogens is 251 g/mol. The Morgan fingerprint density at radius 3 is 2.67 bits per heavy atom. The first-order chi connectivity index (χ1) is 8.45. The van der Waals surface area contributed by atoms with Crippen molar-refractivity contribution in [2.45, 2.75) is 20.0 Å². The fourth-order valence-electron chi connectivity index (χ4n) is 1.35. The molecule has 0 unspecified atom stereocenters. The number of rotatable bonds is 5. The molecule has 0 fully saturated rings. The van der Waals surface area contributed by atoms with Gasteiger partial charge < -0.3 is 15.2 Å². The van der Waals surface area contributed by atoms with Crippen LogP contribution in [0.2, 0.25) is 0 Å². The van der Waals surface area contributed by atoms with Crippen molar-refractivity contribution in [2.75, 3.05) is 12.3 Å². The van der Waals surface area contributed by atoms with Crippen LogP contribution in [0, 0.1) is 5.82 Å². The van der Waals surface area contributed by atoms with Crippen LogP contribution in [0.4, 0.5) is 18.9 Å². The largest absolute Gasteiger partial charge is 0.466 e. The Kier molecular flexibility index (Phi) is 4.82. The maximum absolute atomic E-state index is 13.7. The molecule has 4 nitrogen and oxygen atoms in total. The summed E-state index contributed by atoms with van der Waals surface area (Å²) in [6, 6.07) is 2.17. The van der Waals surface area contributed by atoms with Crippen molar-refractivity contribution in [3.63, 3.8) is 0 Å². The fraction of sp³-hybridized carbons (Fsp3) is 0.364. The van der Waals surface area contributed by atoms with Gasteiger partial charge in [-0.25, -0.2) is 4.39 Å². The lowest BCUT2D eigenvalue weighted by Gasteiger charge is -2.12. The van der Waals surface area contributed by atoms with Crippen LogP contribution in [0.1, 0.15) is 12.5 Å². The van der Waals surface area contributed by atoms with Crippen LogP contribution in [0.5, 0.6) is 5.75 Å². The second kappa shape index (κ2) is 6.13. The molecule has 0 saturated carbocycles. The predicted octanol–water partition coefficient (Wildman–Crippen LogP) is 2.11. The van der Waals surface area contributed by atoms with E-state index in [1.165, 1.54) is 0 Å². The molecule has 0 aliphatic rings. The third-order valence-corrected chi connectivity index (χ3v) is 2.07. The molecule has 0 radical (unpaired) electrons. The van der Waals surface area contributed by atoms with Gasteiger partial charge in [0, 0.05) is 5.56 Å². The third kappa shape index (κ3) is 3.54. The van der Waals surface area contributed by atoms with Crippen LogP contribution in [-0.4, -0.2) is 19.2 Å². The molecule has 2 N–H and O–H groups in total. The normalized spacial score (nSPS) is 10.5. The lowest BCUT2D eigenvalue weighted by atomic mass is 10.1. The van der Waals surface area contributed by atoms with E-state index in [9.17, 15) is 18.0 Å². The zero-order chi connectivity index (χ0) is 13.7. The van der Waals surface area contributed by atoms with Gasteiger partial charge in [0.1, 0.15) is 5.75 Å². The average molecular weight is 263 g/mol. The van der Waals surface area contributed by atoms with Crippen LogP contribution in [0.25, 0.3) is 0 Å². The van der Waals surface area contributed by atoms with Crippen molar-refractivity contribution in [2.24, 2.45) is 0 Å². The number of nitrogen functional groups attached to an aromatic ring is 1. The standard InChI is InChI=1S/C11H12F3NO3/c1-2-17-9(16)5-6-8(18-11(13)14)4-3-7(15)10(6)12/h3-4,11H,2,5,15H2,1H3. The highest BCUT2D eigenvalue weighted by atomic mass is 19.3. The number of nitrogens with two attached hydrogens (primary N) is 1. The molecule has 1 aromatic rings. The van der Waals surface area contributed by atoms with Crippen LogP contribution >= 0.6 is 0 Å². The van der Waals surface area contributed by atoms with E-state index < -0.39 is 30.6 Å². The Bertz CT molecular complexity index is 438. The van der Waals surface area contributed by atoms with Crippen LogP contribution in [-0.2, 0) is 16.0 Å². The van der Waals surface area contributed by atoms with Gasteiger partial charge in [-0.1, -0.05) is 0 Å². The molecule has 0 aliphatic heterocycles. The van der Waals surface area contributed by atoms with E-state index in [0.717, 1.165) is 12.1 Å². The van der Waals surface area contributed by atoms with E-state index >= 15 is 0 Å². The number of alkyl halides is 2. The van der Waals surface area contributed by atoms with Crippen molar-refractivity contribution in [1.29, 1.82) is 0 Å². The number of hydrogen-bond acceptors (Lipinski definition) is 4. The Morgan fingerprint density at radius 2 is 2.11 bits per heavy atom. The zero-order valence-electron chi connectivity index (χ0n) is 9.58. The fourth-order valence-corrected chi connectivity index (χ4v) is 1.35. The first kappa shape index (κ1) is 14.1. The van der Waals surface area contributed by atoms with Gasteiger partial charge in [-0.15, -0.1) is 0 Å². The minimum absolute atomic E-state index is 0.105. The molecule has 100 valence electrons. The Balaban J connectivity index is 3.04. The van der Waals surface area contributed by atoms with Crippen LogP contribution in [0.15, 0.2) is 12.1 Å². The number of esters is 1. The number of ether oxygens (including phenoxy) is 2. The molecule has 0 aliphatic carbocycles. The molecule has 0 spiro atoms. The molecule has 0 saturated heterocycles. The van der Waals surface area contributed by atoms with Gasteiger partial charge in [-0.2, -0.15) is 8.78 Å². The molecule has 0 bridgehead atoms. The van der Waals surface area contributed by atoms with E-state index in [-0.39, 0.29) is 17.9 Å². The van der Waals surface area contributed by atoms with Crippen molar-refractivity contribution in [3.05, 3.63) is 23.5 Å². The maximum Gasteiger partial charge on any atom is 0.387 e. The summed E-state index contributed by atoms with van der Waals surface area (Å²) >= 11 is 0. The van der Waals surface area contributed by atoms with Gasteiger partial charge in [-0.3, -0.25) is 4.79 Å². The second-order valence-electron chi connectivity index (χ2n) is 3.31.